The second-order valence-corrected chi connectivity index (χ2v) is 8.41. The fourth-order valence-corrected chi connectivity index (χ4v) is 4.46. The van der Waals surface area contributed by atoms with Crippen LogP contribution in [0.3, 0.4) is 0 Å². The summed E-state index contributed by atoms with van der Waals surface area (Å²) >= 11 is 0. The second-order valence-electron chi connectivity index (χ2n) is 8.41. The standard InChI is InChI=1S/C23H22FN7O2/c1-12-18-7-15(24)3-4-17(18)21-19(28-30(2)29-21)5-13-9-27-31(16-10-32-11-16)22(13)14-6-20(33-12)23(25)26-8-14/h3-4,6-9,12,16H,5,10-11H2,1-2H3,(H2,25,26). The highest BCUT2D eigenvalue weighted by Crippen LogP contribution is 2.39. The van der Waals surface area contributed by atoms with E-state index in [1.165, 1.54) is 16.9 Å². The van der Waals surface area contributed by atoms with Crippen LogP contribution < -0.4 is 10.5 Å². The van der Waals surface area contributed by atoms with Crippen LogP contribution in [-0.2, 0) is 18.2 Å². The molecule has 2 aliphatic heterocycles. The van der Waals surface area contributed by atoms with E-state index in [1.807, 2.05) is 23.9 Å². The largest absolute Gasteiger partial charge is 0.482 e. The molecule has 1 atom stereocenters. The van der Waals surface area contributed by atoms with Crippen molar-refractivity contribution in [1.29, 1.82) is 0 Å². The summed E-state index contributed by atoms with van der Waals surface area (Å²) in [5.41, 5.74) is 11.8. The number of nitrogens with zero attached hydrogens (tertiary/aromatic N) is 6. The van der Waals surface area contributed by atoms with Gasteiger partial charge in [0.1, 0.15) is 17.6 Å². The molecule has 0 aliphatic carbocycles. The van der Waals surface area contributed by atoms with Crippen LogP contribution in [0.5, 0.6) is 5.75 Å². The average molecular weight is 447 g/mol. The Morgan fingerprint density at radius 1 is 1.15 bits per heavy atom. The zero-order valence-electron chi connectivity index (χ0n) is 18.2. The normalized spacial score (nSPS) is 17.6. The van der Waals surface area contributed by atoms with Gasteiger partial charge in [0.15, 0.2) is 11.6 Å². The van der Waals surface area contributed by atoms with Crippen molar-refractivity contribution in [3.05, 3.63) is 59.3 Å². The highest BCUT2D eigenvalue weighted by atomic mass is 19.1. The summed E-state index contributed by atoms with van der Waals surface area (Å²) in [6.07, 6.45) is 3.56. The fraction of sp³-hybridized carbons (Fsp3) is 0.304. The summed E-state index contributed by atoms with van der Waals surface area (Å²) < 4.78 is 27.9. The first-order valence-corrected chi connectivity index (χ1v) is 10.7. The molecule has 33 heavy (non-hydrogen) atoms. The van der Waals surface area contributed by atoms with Gasteiger partial charge in [-0.2, -0.15) is 20.1 Å². The van der Waals surface area contributed by atoms with Crippen LogP contribution in [0, 0.1) is 5.82 Å². The lowest BCUT2D eigenvalue weighted by molar-refractivity contribution is -0.0278. The smallest absolute Gasteiger partial charge is 0.166 e. The molecule has 1 unspecified atom stereocenters. The molecule has 5 heterocycles. The van der Waals surface area contributed by atoms with Gasteiger partial charge in [0.2, 0.25) is 0 Å². The van der Waals surface area contributed by atoms with E-state index < -0.39 is 6.10 Å². The van der Waals surface area contributed by atoms with Crippen LogP contribution in [0.2, 0.25) is 0 Å². The lowest BCUT2D eigenvalue weighted by Gasteiger charge is -2.28. The summed E-state index contributed by atoms with van der Waals surface area (Å²) in [6, 6.07) is 6.63. The molecule has 2 bridgehead atoms. The molecule has 3 aromatic heterocycles. The third-order valence-corrected chi connectivity index (χ3v) is 6.14. The molecule has 168 valence electrons. The van der Waals surface area contributed by atoms with Gasteiger partial charge in [-0.1, -0.05) is 0 Å². The van der Waals surface area contributed by atoms with Crippen molar-refractivity contribution >= 4 is 5.82 Å². The molecule has 2 aliphatic rings. The van der Waals surface area contributed by atoms with E-state index >= 15 is 0 Å². The number of fused-ring (bicyclic) bond motifs is 7. The van der Waals surface area contributed by atoms with E-state index in [0.29, 0.717) is 36.6 Å². The Bertz CT molecular complexity index is 1380. The van der Waals surface area contributed by atoms with Crippen molar-refractivity contribution in [3.8, 4) is 28.3 Å². The first-order valence-electron chi connectivity index (χ1n) is 10.7. The number of ether oxygens (including phenoxy) is 2. The molecular weight excluding hydrogens is 425 g/mol. The molecule has 1 saturated heterocycles. The number of hydrogen-bond acceptors (Lipinski definition) is 7. The van der Waals surface area contributed by atoms with E-state index in [2.05, 4.69) is 20.3 Å². The van der Waals surface area contributed by atoms with Gasteiger partial charge in [-0.15, -0.1) is 0 Å². The van der Waals surface area contributed by atoms with Gasteiger partial charge in [0.05, 0.1) is 36.8 Å². The number of anilines is 1. The van der Waals surface area contributed by atoms with E-state index in [1.54, 1.807) is 19.3 Å². The average Bonchev–Trinajstić information content (AvgIpc) is 3.31. The molecule has 0 saturated carbocycles. The van der Waals surface area contributed by atoms with Gasteiger partial charge in [-0.25, -0.2) is 9.37 Å². The first-order chi connectivity index (χ1) is 16.0. The summed E-state index contributed by atoms with van der Waals surface area (Å²) in [5, 5.41) is 13.9. The molecule has 4 aromatic rings. The fourth-order valence-electron chi connectivity index (χ4n) is 4.46. The van der Waals surface area contributed by atoms with Gasteiger partial charge in [0.25, 0.3) is 0 Å². The number of nitrogen functional groups attached to an aromatic ring is 1. The van der Waals surface area contributed by atoms with Crippen LogP contribution >= 0.6 is 0 Å². The third-order valence-electron chi connectivity index (χ3n) is 6.14. The minimum Gasteiger partial charge on any atom is -0.482 e. The molecule has 9 nitrogen and oxygen atoms in total. The molecule has 0 spiro atoms. The van der Waals surface area contributed by atoms with Crippen molar-refractivity contribution in [2.24, 2.45) is 7.05 Å². The van der Waals surface area contributed by atoms with Crippen molar-refractivity contribution in [2.75, 3.05) is 18.9 Å². The Kier molecular flexibility index (Phi) is 4.44. The molecule has 0 amide bonds. The number of nitrogens with two attached hydrogens (primary N) is 1. The molecular formula is C23H22FN7O2. The Hall–Kier alpha value is -3.79. The van der Waals surface area contributed by atoms with Crippen LogP contribution in [0.25, 0.3) is 22.5 Å². The zero-order valence-corrected chi connectivity index (χ0v) is 18.2. The zero-order chi connectivity index (χ0) is 22.7. The molecule has 10 heteroatoms. The first kappa shape index (κ1) is 19.9. The van der Waals surface area contributed by atoms with Gasteiger partial charge in [0, 0.05) is 41.9 Å². The SMILES string of the molecule is CC1Oc2cc(cnc2N)-c2c(cnn2C2COC2)Cc2nn(C)nc2-c2ccc(F)cc21. The monoisotopic (exact) mass is 447 g/mol. The summed E-state index contributed by atoms with van der Waals surface area (Å²) in [6.45, 7) is 3.06. The quantitative estimate of drug-likeness (QED) is 0.478. The van der Waals surface area contributed by atoms with Crippen molar-refractivity contribution in [2.45, 2.75) is 25.5 Å². The van der Waals surface area contributed by atoms with E-state index in [-0.39, 0.29) is 17.7 Å². The predicted octanol–water partition coefficient (Wildman–Crippen LogP) is 3.08. The van der Waals surface area contributed by atoms with Gasteiger partial charge >= 0.3 is 0 Å². The lowest BCUT2D eigenvalue weighted by atomic mass is 9.96. The summed E-state index contributed by atoms with van der Waals surface area (Å²) in [4.78, 5) is 5.92. The van der Waals surface area contributed by atoms with Crippen molar-refractivity contribution < 1.29 is 13.9 Å². The van der Waals surface area contributed by atoms with Crippen LogP contribution in [0.4, 0.5) is 10.2 Å². The number of hydrogen-bond donors (Lipinski definition) is 1. The molecule has 1 aromatic carbocycles. The predicted molar refractivity (Wildman–Crippen MR) is 118 cm³/mol. The van der Waals surface area contributed by atoms with E-state index in [9.17, 15) is 4.39 Å². The van der Waals surface area contributed by atoms with Crippen molar-refractivity contribution in [3.63, 3.8) is 0 Å². The van der Waals surface area contributed by atoms with E-state index in [0.717, 1.165) is 28.1 Å². The molecule has 2 N–H and O–H groups in total. The van der Waals surface area contributed by atoms with Gasteiger partial charge in [-0.05, 0) is 31.2 Å². The van der Waals surface area contributed by atoms with Gasteiger partial charge < -0.3 is 15.2 Å². The Balaban J connectivity index is 1.62. The summed E-state index contributed by atoms with van der Waals surface area (Å²) in [7, 11) is 1.78. The number of rotatable bonds is 1. The van der Waals surface area contributed by atoms with E-state index in [4.69, 9.17) is 15.2 Å². The molecule has 6 rings (SSSR count). The Labute approximate surface area is 189 Å². The maximum Gasteiger partial charge on any atom is 0.166 e. The van der Waals surface area contributed by atoms with Gasteiger partial charge in [-0.3, -0.25) is 4.68 Å². The maximum atomic E-state index is 14.3. The molecule has 0 radical (unpaired) electrons. The lowest BCUT2D eigenvalue weighted by Crippen LogP contribution is -2.31. The number of pyridine rings is 1. The maximum absolute atomic E-state index is 14.3. The minimum absolute atomic E-state index is 0.146. The van der Waals surface area contributed by atoms with Crippen molar-refractivity contribution in [1.82, 2.24) is 29.8 Å². The number of aryl methyl sites for hydroxylation is 1. The number of benzene rings is 1. The van der Waals surface area contributed by atoms with Crippen LogP contribution in [0.15, 0.2) is 36.7 Å². The summed E-state index contributed by atoms with van der Waals surface area (Å²) in [5.74, 6) is 0.340. The second kappa shape index (κ2) is 7.38. The van der Waals surface area contributed by atoms with Crippen LogP contribution in [-0.4, -0.2) is 43.0 Å². The topological polar surface area (TPSA) is 106 Å². The Morgan fingerprint density at radius 2 is 2.00 bits per heavy atom. The minimum atomic E-state index is -0.506. The Morgan fingerprint density at radius 3 is 2.79 bits per heavy atom. The highest BCUT2D eigenvalue weighted by Gasteiger charge is 2.29. The number of halogens is 1. The number of aromatic nitrogens is 6. The highest BCUT2D eigenvalue weighted by molar-refractivity contribution is 5.71. The van der Waals surface area contributed by atoms with Crippen LogP contribution in [0.1, 0.15) is 35.9 Å². The third kappa shape index (κ3) is 3.25. The molecule has 1 fully saturated rings.